The molecule has 1 aromatic carbocycles. The third-order valence-corrected chi connectivity index (χ3v) is 3.12. The first-order valence-corrected chi connectivity index (χ1v) is 6.05. The number of primary amides is 1. The van der Waals surface area contributed by atoms with Gasteiger partial charge in [0, 0.05) is 5.69 Å². The van der Waals surface area contributed by atoms with Crippen LogP contribution in [-0.2, 0) is 17.6 Å². The first kappa shape index (κ1) is 12.4. The molecule has 3 amide bonds. The average molecular weight is 247 g/mol. The van der Waals surface area contributed by atoms with Gasteiger partial charge in [-0.1, -0.05) is 6.07 Å². The molecule has 0 unspecified atom stereocenters. The van der Waals surface area contributed by atoms with Crippen molar-refractivity contribution < 1.29 is 9.59 Å². The van der Waals surface area contributed by atoms with Gasteiger partial charge in [0.2, 0.25) is 5.91 Å². The van der Waals surface area contributed by atoms with Crippen LogP contribution in [0.15, 0.2) is 18.2 Å². The van der Waals surface area contributed by atoms with Crippen molar-refractivity contribution in [3.8, 4) is 0 Å². The summed E-state index contributed by atoms with van der Waals surface area (Å²) in [7, 11) is 0. The first-order chi connectivity index (χ1) is 8.56. The second kappa shape index (κ2) is 5.08. The van der Waals surface area contributed by atoms with Crippen molar-refractivity contribution in [3.63, 3.8) is 0 Å². The lowest BCUT2D eigenvalue weighted by Crippen LogP contribution is -2.43. The van der Waals surface area contributed by atoms with Crippen molar-refractivity contribution in [2.45, 2.75) is 32.2 Å². The molecular formula is C13H17N3O2. The number of carbonyl (C=O) groups is 2. The van der Waals surface area contributed by atoms with Gasteiger partial charge in [-0.2, -0.15) is 0 Å². The Bertz CT molecular complexity index is 485. The average Bonchev–Trinajstić information content (AvgIpc) is 2.75. The number of imide groups is 1. The third-order valence-electron chi connectivity index (χ3n) is 3.12. The van der Waals surface area contributed by atoms with E-state index in [1.54, 1.807) is 6.92 Å². The molecule has 0 spiro atoms. The Morgan fingerprint density at radius 1 is 1.28 bits per heavy atom. The lowest BCUT2D eigenvalue weighted by atomic mass is 10.1. The number of carbonyl (C=O) groups excluding carboxylic acids is 2. The second-order valence-corrected chi connectivity index (χ2v) is 4.56. The lowest BCUT2D eigenvalue weighted by Gasteiger charge is -2.14. The smallest absolute Gasteiger partial charge is 0.318 e. The van der Waals surface area contributed by atoms with Gasteiger partial charge < -0.3 is 11.1 Å². The summed E-state index contributed by atoms with van der Waals surface area (Å²) in [6.45, 7) is 1.69. The molecule has 18 heavy (non-hydrogen) atoms. The van der Waals surface area contributed by atoms with E-state index < -0.39 is 18.0 Å². The van der Waals surface area contributed by atoms with E-state index in [1.165, 1.54) is 17.5 Å². The minimum atomic E-state index is -0.831. The van der Waals surface area contributed by atoms with E-state index >= 15 is 0 Å². The van der Waals surface area contributed by atoms with Gasteiger partial charge in [-0.3, -0.25) is 10.1 Å². The van der Waals surface area contributed by atoms with Crippen LogP contribution in [0.2, 0.25) is 0 Å². The molecule has 0 fully saturated rings. The van der Waals surface area contributed by atoms with Crippen LogP contribution in [0, 0.1) is 0 Å². The number of nitrogens with two attached hydrogens (primary N) is 1. The molecule has 1 atom stereocenters. The number of nitrogens with one attached hydrogen (secondary N) is 2. The van der Waals surface area contributed by atoms with Crippen LogP contribution in [0.4, 0.5) is 10.5 Å². The second-order valence-electron chi connectivity index (χ2n) is 4.56. The molecule has 0 saturated carbocycles. The number of benzene rings is 1. The van der Waals surface area contributed by atoms with Gasteiger partial charge in [-0.15, -0.1) is 0 Å². The van der Waals surface area contributed by atoms with Gasteiger partial charge in [0.1, 0.15) is 6.04 Å². The van der Waals surface area contributed by atoms with Crippen molar-refractivity contribution in [2.75, 3.05) is 5.32 Å². The molecule has 1 aromatic rings. The van der Waals surface area contributed by atoms with E-state index in [2.05, 4.69) is 22.8 Å². The Morgan fingerprint density at radius 3 is 2.72 bits per heavy atom. The summed E-state index contributed by atoms with van der Waals surface area (Å²) in [6.07, 6.45) is 3.41. The Labute approximate surface area is 106 Å². The maximum atomic E-state index is 11.5. The van der Waals surface area contributed by atoms with Crippen LogP contribution in [0.5, 0.6) is 0 Å². The molecule has 0 aromatic heterocycles. The zero-order chi connectivity index (χ0) is 13.1. The fourth-order valence-electron chi connectivity index (χ4n) is 2.21. The highest BCUT2D eigenvalue weighted by Gasteiger charge is 2.16. The van der Waals surface area contributed by atoms with Gasteiger partial charge in [-0.25, -0.2) is 4.79 Å². The Morgan fingerprint density at radius 2 is 2.00 bits per heavy atom. The monoisotopic (exact) mass is 247 g/mol. The highest BCUT2D eigenvalue weighted by Crippen LogP contribution is 2.25. The number of anilines is 1. The van der Waals surface area contributed by atoms with Crippen molar-refractivity contribution in [1.29, 1.82) is 0 Å². The molecule has 0 saturated heterocycles. The molecular weight excluding hydrogens is 230 g/mol. The predicted octanol–water partition coefficient (Wildman–Crippen LogP) is 1.17. The molecule has 5 heteroatoms. The number of rotatable bonds is 3. The van der Waals surface area contributed by atoms with Crippen LogP contribution in [0.3, 0.4) is 0 Å². The standard InChI is InChI=1S/C13H17N3O2/c1-8(12(17)16-13(14)18)15-11-6-5-9-3-2-4-10(9)7-11/h5-8,15H,2-4H2,1H3,(H3,14,16,17,18)/t8-/m1/s1. The van der Waals surface area contributed by atoms with Crippen LogP contribution < -0.4 is 16.4 Å². The van der Waals surface area contributed by atoms with Gasteiger partial charge in [0.25, 0.3) is 0 Å². The molecule has 0 heterocycles. The van der Waals surface area contributed by atoms with Crippen LogP contribution >= 0.6 is 0 Å². The molecule has 0 aliphatic heterocycles. The number of amides is 3. The van der Waals surface area contributed by atoms with E-state index in [-0.39, 0.29) is 0 Å². The molecule has 0 radical (unpaired) electrons. The van der Waals surface area contributed by atoms with E-state index in [1.807, 2.05) is 6.07 Å². The lowest BCUT2D eigenvalue weighted by molar-refractivity contribution is -0.120. The van der Waals surface area contributed by atoms with E-state index in [9.17, 15) is 9.59 Å². The highest BCUT2D eigenvalue weighted by molar-refractivity contribution is 5.97. The number of fused-ring (bicyclic) bond motifs is 1. The largest absolute Gasteiger partial charge is 0.374 e. The van der Waals surface area contributed by atoms with Gasteiger partial charge in [0.05, 0.1) is 0 Å². The fraction of sp³-hybridized carbons (Fsp3) is 0.385. The molecule has 1 aliphatic carbocycles. The summed E-state index contributed by atoms with van der Waals surface area (Å²) in [5.41, 5.74) is 8.51. The number of aryl methyl sites for hydroxylation is 2. The summed E-state index contributed by atoms with van der Waals surface area (Å²) in [6, 6.07) is 4.78. The molecule has 4 N–H and O–H groups in total. The quantitative estimate of drug-likeness (QED) is 0.749. The molecule has 96 valence electrons. The number of hydrogen-bond acceptors (Lipinski definition) is 3. The van der Waals surface area contributed by atoms with E-state index in [0.29, 0.717) is 0 Å². The highest BCUT2D eigenvalue weighted by atomic mass is 16.2. The Balaban J connectivity index is 2.01. The van der Waals surface area contributed by atoms with Gasteiger partial charge in [0.15, 0.2) is 0 Å². The maximum absolute atomic E-state index is 11.5. The summed E-state index contributed by atoms with van der Waals surface area (Å²) in [4.78, 5) is 22.1. The van der Waals surface area contributed by atoms with Gasteiger partial charge >= 0.3 is 6.03 Å². The normalized spacial score (nSPS) is 14.7. The maximum Gasteiger partial charge on any atom is 0.318 e. The summed E-state index contributed by atoms with van der Waals surface area (Å²) in [5.74, 6) is -0.428. The molecule has 1 aliphatic rings. The Hall–Kier alpha value is -2.04. The van der Waals surface area contributed by atoms with Crippen molar-refractivity contribution in [3.05, 3.63) is 29.3 Å². The summed E-state index contributed by atoms with van der Waals surface area (Å²) < 4.78 is 0. The minimum absolute atomic E-state index is 0.428. The first-order valence-electron chi connectivity index (χ1n) is 6.05. The fourth-order valence-corrected chi connectivity index (χ4v) is 2.21. The zero-order valence-electron chi connectivity index (χ0n) is 10.3. The van der Waals surface area contributed by atoms with Crippen LogP contribution in [0.25, 0.3) is 0 Å². The minimum Gasteiger partial charge on any atom is -0.374 e. The molecule has 2 rings (SSSR count). The third kappa shape index (κ3) is 2.80. The number of hydrogen-bond donors (Lipinski definition) is 3. The van der Waals surface area contributed by atoms with Crippen molar-refractivity contribution in [2.24, 2.45) is 5.73 Å². The summed E-state index contributed by atoms with van der Waals surface area (Å²) in [5, 5.41) is 5.11. The van der Waals surface area contributed by atoms with Crippen LogP contribution in [0.1, 0.15) is 24.5 Å². The predicted molar refractivity (Wildman–Crippen MR) is 69.3 cm³/mol. The summed E-state index contributed by atoms with van der Waals surface area (Å²) >= 11 is 0. The molecule has 0 bridgehead atoms. The van der Waals surface area contributed by atoms with Gasteiger partial charge in [-0.05, 0) is 49.4 Å². The van der Waals surface area contributed by atoms with Crippen LogP contribution in [-0.4, -0.2) is 18.0 Å². The zero-order valence-corrected chi connectivity index (χ0v) is 10.3. The van der Waals surface area contributed by atoms with Crippen molar-refractivity contribution in [1.82, 2.24) is 5.32 Å². The Kier molecular flexibility index (Phi) is 3.50. The number of urea groups is 1. The van der Waals surface area contributed by atoms with E-state index in [4.69, 9.17) is 5.73 Å². The SMILES string of the molecule is C[C@@H](Nc1ccc2c(c1)CCC2)C(=O)NC(N)=O. The topological polar surface area (TPSA) is 84.2 Å². The molecule has 5 nitrogen and oxygen atoms in total. The van der Waals surface area contributed by atoms with Crippen molar-refractivity contribution >= 4 is 17.6 Å². The van der Waals surface area contributed by atoms with E-state index in [0.717, 1.165) is 18.5 Å².